The Hall–Kier alpha value is -5.56. The number of carboxylic acid groups (broad SMARTS) is 2. The van der Waals surface area contributed by atoms with E-state index in [1.165, 1.54) is 24.3 Å². The molecule has 4 aliphatic rings. The largest absolute Gasteiger partial charge is 0.481 e. The molecular formula is C42H42Br2N4O16. The monoisotopic (exact) mass is 1020 g/mol. The molecule has 22 heteroatoms. The molecule has 1 aromatic heterocycles. The molecule has 6 atom stereocenters. The summed E-state index contributed by atoms with van der Waals surface area (Å²) in [7, 11) is 0. The van der Waals surface area contributed by atoms with Crippen LogP contribution in [0.2, 0.25) is 0 Å². The fourth-order valence-corrected chi connectivity index (χ4v) is 7.90. The van der Waals surface area contributed by atoms with Gasteiger partial charge in [-0.2, -0.15) is 11.0 Å². The van der Waals surface area contributed by atoms with E-state index in [2.05, 4.69) is 37.3 Å². The maximum absolute atomic E-state index is 13.4. The Balaban J connectivity index is 0.000000202. The highest BCUT2D eigenvalue weighted by Gasteiger charge is 2.73. The van der Waals surface area contributed by atoms with Crippen molar-refractivity contribution in [1.82, 2.24) is 11.0 Å². The Morgan fingerprint density at radius 3 is 1.78 bits per heavy atom. The quantitative estimate of drug-likeness (QED) is 0.0393. The van der Waals surface area contributed by atoms with Crippen molar-refractivity contribution in [1.29, 1.82) is 0 Å². The molecular weight excluding hydrogens is 976 g/mol. The first kappa shape index (κ1) is 49.5. The number of ketones is 1. The van der Waals surface area contributed by atoms with Crippen LogP contribution >= 0.6 is 31.9 Å². The SMILES string of the molecule is O=C(O)CC[C@H](NO)C(=O)C[C@@]12C=C[C@@](CO)(O1)C1C(=O)N(c3ccc(Br)cc3)C(=O)C12.O=C1C=CC(=O)N1c1ccc(Br)cc1.O=C[C@@H](CCC(=O)O)NOCc1ccc(CO)o1. The summed E-state index contributed by atoms with van der Waals surface area (Å²) in [5, 5.41) is 45.5. The summed E-state index contributed by atoms with van der Waals surface area (Å²) in [6.45, 7) is -0.672. The lowest BCUT2D eigenvalue weighted by atomic mass is 9.70. The number of nitrogens with zero attached hydrogens (tertiary/aromatic N) is 2. The van der Waals surface area contributed by atoms with Gasteiger partial charge in [0, 0.05) is 40.4 Å². The molecule has 5 heterocycles. The number of aliphatic carboxylic acids is 2. The molecule has 0 spiro atoms. The first-order valence-corrected chi connectivity index (χ1v) is 20.9. The summed E-state index contributed by atoms with van der Waals surface area (Å²) >= 11 is 6.59. The van der Waals surface area contributed by atoms with Crippen molar-refractivity contribution in [3.8, 4) is 0 Å². The van der Waals surface area contributed by atoms with Crippen LogP contribution in [0.4, 0.5) is 11.4 Å². The van der Waals surface area contributed by atoms with E-state index < -0.39 is 71.3 Å². The number of Topliss-reactive ketones (excluding diaryl/α,β-unsaturated/α-hetero) is 1. The zero-order valence-electron chi connectivity index (χ0n) is 33.5. The zero-order valence-corrected chi connectivity index (χ0v) is 36.7. The predicted molar refractivity (Wildman–Crippen MR) is 227 cm³/mol. The number of anilines is 2. The number of nitrogens with one attached hydrogen (secondary N) is 2. The van der Waals surface area contributed by atoms with Crippen LogP contribution in [-0.4, -0.2) is 103 Å². The molecule has 2 bridgehead atoms. The van der Waals surface area contributed by atoms with E-state index in [9.17, 15) is 48.7 Å². The number of benzene rings is 2. The highest BCUT2D eigenvalue weighted by atomic mass is 79.9. The third-order valence-corrected chi connectivity index (χ3v) is 11.5. The topological polar surface area (TPSA) is 300 Å². The summed E-state index contributed by atoms with van der Waals surface area (Å²) in [5.74, 6) is -5.48. The number of carboxylic acids is 2. The normalized spacial score (nSPS) is 22.5. The number of fused-ring (bicyclic) bond motifs is 5. The molecule has 2 saturated heterocycles. The number of hydrogen-bond donors (Lipinski definition) is 7. The van der Waals surface area contributed by atoms with Crippen LogP contribution in [0.25, 0.3) is 0 Å². The molecule has 340 valence electrons. The van der Waals surface area contributed by atoms with Gasteiger partial charge in [0.2, 0.25) is 11.8 Å². The Kier molecular flexibility index (Phi) is 16.9. The van der Waals surface area contributed by atoms with Crippen molar-refractivity contribution in [3.05, 3.63) is 105 Å². The van der Waals surface area contributed by atoms with Crippen molar-refractivity contribution >= 4 is 90.9 Å². The van der Waals surface area contributed by atoms with Gasteiger partial charge in [-0.25, -0.2) is 9.80 Å². The maximum atomic E-state index is 13.4. The molecule has 2 fully saturated rings. The molecule has 7 rings (SSSR count). The lowest BCUT2D eigenvalue weighted by molar-refractivity contribution is -0.140. The second-order valence-corrected chi connectivity index (χ2v) is 16.5. The van der Waals surface area contributed by atoms with Gasteiger partial charge in [0.25, 0.3) is 11.8 Å². The van der Waals surface area contributed by atoms with E-state index in [0.29, 0.717) is 29.2 Å². The van der Waals surface area contributed by atoms with Gasteiger partial charge in [-0.05, 0) is 73.5 Å². The number of carbonyl (C=O) groups excluding carboxylic acids is 6. The first-order valence-electron chi connectivity index (χ1n) is 19.4. The van der Waals surface area contributed by atoms with Crippen molar-refractivity contribution in [2.24, 2.45) is 11.8 Å². The number of rotatable bonds is 19. The molecule has 64 heavy (non-hydrogen) atoms. The summed E-state index contributed by atoms with van der Waals surface area (Å²) in [6.07, 6.45) is 5.29. The standard InChI is InChI=1S/C21H21BrN2O8.C11H15NO6.C10H6BrNO2/c22-11-1-3-12(4-2-11)24-18(29)16-17(19(24)30)21(10-25)8-7-20(16,32-21)9-14(26)13(23-31)5-6-15(27)28;13-5-8(1-4-11(15)16)12-17-7-10-3-2-9(6-14)18-10;11-7-1-3-8(4-2-7)12-9(13)5-6-10(12)14/h1-4,7-8,13,16-17,23,25,31H,5-6,9-10H2,(H,27,28);2-3,5,8,12,14H,1,4,6-7H2,(H,15,16);1-6H/t13-,16?,17?,20+,21-;8-;/m01./s1. The zero-order chi connectivity index (χ0) is 46.8. The Bertz CT molecular complexity index is 2280. The molecule has 0 aliphatic carbocycles. The maximum Gasteiger partial charge on any atom is 0.303 e. The van der Waals surface area contributed by atoms with E-state index in [0.717, 1.165) is 18.7 Å². The minimum atomic E-state index is -1.49. The summed E-state index contributed by atoms with van der Waals surface area (Å²) in [6, 6.07) is 15.0. The first-order chi connectivity index (χ1) is 30.5. The van der Waals surface area contributed by atoms with Gasteiger partial charge < -0.3 is 39.6 Å². The number of imide groups is 2. The third-order valence-electron chi connectivity index (χ3n) is 10.4. The van der Waals surface area contributed by atoms with Crippen molar-refractivity contribution in [2.75, 3.05) is 16.4 Å². The predicted octanol–water partition coefficient (Wildman–Crippen LogP) is 2.90. The summed E-state index contributed by atoms with van der Waals surface area (Å²) in [5.41, 5.74) is 2.30. The van der Waals surface area contributed by atoms with Crippen molar-refractivity contribution in [3.63, 3.8) is 0 Å². The van der Waals surface area contributed by atoms with Gasteiger partial charge in [0.15, 0.2) is 5.78 Å². The second kappa shape index (κ2) is 21.9. The number of ether oxygens (including phenoxy) is 1. The molecule has 0 saturated carbocycles. The molecule has 3 aromatic rings. The van der Waals surface area contributed by atoms with Crippen LogP contribution in [0.3, 0.4) is 0 Å². The van der Waals surface area contributed by atoms with Crippen LogP contribution in [-0.2, 0) is 61.1 Å². The van der Waals surface area contributed by atoms with Crippen molar-refractivity contribution < 1.29 is 78.0 Å². The van der Waals surface area contributed by atoms with Crippen molar-refractivity contribution in [2.45, 2.75) is 68.6 Å². The van der Waals surface area contributed by atoms with Crippen LogP contribution < -0.4 is 20.8 Å². The van der Waals surface area contributed by atoms with E-state index >= 15 is 0 Å². The summed E-state index contributed by atoms with van der Waals surface area (Å²) in [4.78, 5) is 101. The number of amides is 4. The third kappa shape index (κ3) is 11.4. The van der Waals surface area contributed by atoms with Gasteiger partial charge in [0.1, 0.15) is 42.2 Å². The number of halogens is 2. The number of aliphatic hydroxyl groups is 2. The highest BCUT2D eigenvalue weighted by molar-refractivity contribution is 9.10. The fraction of sp³-hybridized carbons (Fsp3) is 0.333. The van der Waals surface area contributed by atoms with Gasteiger partial charge in [0.05, 0.1) is 41.9 Å². The average Bonchev–Trinajstić information content (AvgIpc) is 4.08. The number of furan rings is 1. The fourth-order valence-electron chi connectivity index (χ4n) is 7.37. The molecule has 0 radical (unpaired) electrons. The second-order valence-electron chi connectivity index (χ2n) is 14.6. The van der Waals surface area contributed by atoms with Gasteiger partial charge >= 0.3 is 11.9 Å². The van der Waals surface area contributed by atoms with E-state index in [1.54, 1.807) is 60.7 Å². The lowest BCUT2D eigenvalue weighted by Crippen LogP contribution is -2.46. The van der Waals surface area contributed by atoms with Gasteiger partial charge in [-0.1, -0.05) is 44.0 Å². The van der Waals surface area contributed by atoms with Crippen LogP contribution in [0.5, 0.6) is 0 Å². The Labute approximate surface area is 380 Å². The van der Waals surface area contributed by atoms with E-state index in [1.807, 2.05) is 5.48 Å². The molecule has 4 aliphatic heterocycles. The number of hydrogen-bond acceptors (Lipinski definition) is 16. The Morgan fingerprint density at radius 1 is 0.766 bits per heavy atom. The smallest absolute Gasteiger partial charge is 0.303 e. The minimum Gasteiger partial charge on any atom is -0.481 e. The number of aliphatic hydroxyl groups excluding tert-OH is 2. The molecule has 20 nitrogen and oxygen atoms in total. The summed E-state index contributed by atoms with van der Waals surface area (Å²) < 4.78 is 12.8. The van der Waals surface area contributed by atoms with E-state index in [-0.39, 0.29) is 57.1 Å². The highest BCUT2D eigenvalue weighted by Crippen LogP contribution is 2.59. The molecule has 2 unspecified atom stereocenters. The average molecular weight is 1020 g/mol. The Morgan fingerprint density at radius 2 is 1.28 bits per heavy atom. The minimum absolute atomic E-state index is 0.0808. The lowest BCUT2D eigenvalue weighted by Gasteiger charge is -2.30. The molecule has 4 amide bonds. The van der Waals surface area contributed by atoms with Gasteiger partial charge in [-0.3, -0.25) is 38.4 Å². The number of aldehydes is 1. The van der Waals surface area contributed by atoms with Crippen LogP contribution in [0.1, 0.15) is 43.6 Å². The van der Waals surface area contributed by atoms with Gasteiger partial charge in [-0.15, -0.1) is 0 Å². The van der Waals surface area contributed by atoms with Crippen LogP contribution in [0.15, 0.2) is 98.3 Å². The van der Waals surface area contributed by atoms with Crippen LogP contribution in [0, 0.1) is 11.8 Å². The molecule has 2 aromatic carbocycles. The number of hydroxylamine groups is 2. The molecule has 7 N–H and O–H groups in total. The number of carbonyl (C=O) groups is 8. The van der Waals surface area contributed by atoms with E-state index in [4.69, 9.17) is 29.3 Å².